The maximum Gasteiger partial charge on any atom is 0.127 e. The van der Waals surface area contributed by atoms with Gasteiger partial charge >= 0.3 is 0 Å². The molecule has 0 radical (unpaired) electrons. The van der Waals surface area contributed by atoms with Crippen LogP contribution in [0.2, 0.25) is 0 Å². The van der Waals surface area contributed by atoms with Crippen molar-refractivity contribution in [2.24, 2.45) is 0 Å². The van der Waals surface area contributed by atoms with E-state index in [0.717, 1.165) is 168 Å². The van der Waals surface area contributed by atoms with Crippen molar-refractivity contribution in [1.29, 1.82) is 0 Å². The maximum atomic E-state index is 16.3. The molecule has 0 N–H and O–H groups in total. The Morgan fingerprint density at radius 2 is 0.604 bits per heavy atom. The molecule has 530 valence electrons. The van der Waals surface area contributed by atoms with Crippen molar-refractivity contribution in [3.05, 3.63) is 472 Å². The Balaban J connectivity index is 0.763. The van der Waals surface area contributed by atoms with E-state index in [-0.39, 0.29) is 23.3 Å². The Kier molecular flexibility index (Phi) is 15.8. The van der Waals surface area contributed by atoms with E-state index in [2.05, 4.69) is 211 Å². The Morgan fingerprint density at radius 1 is 0.261 bits per heavy atom. The lowest BCUT2D eigenvalue weighted by Crippen LogP contribution is -2.31. The molecule has 15 aromatic rings. The second kappa shape index (κ2) is 26.3. The van der Waals surface area contributed by atoms with Crippen molar-refractivity contribution in [3.63, 3.8) is 0 Å². The van der Waals surface area contributed by atoms with Crippen molar-refractivity contribution in [2.45, 2.75) is 29.1 Å². The van der Waals surface area contributed by atoms with E-state index in [0.29, 0.717) is 24.3 Å². The molecule has 0 aliphatic heterocycles. The Hall–Kier alpha value is -13.8. The van der Waals surface area contributed by atoms with Gasteiger partial charge in [0.2, 0.25) is 0 Å². The third-order valence-corrected chi connectivity index (χ3v) is 23.4. The van der Waals surface area contributed by atoms with Crippen LogP contribution in [0.5, 0.6) is 17.2 Å². The zero-order valence-electron chi connectivity index (χ0n) is 60.2. The summed E-state index contributed by atoms with van der Waals surface area (Å²) in [5.41, 5.74) is 24.1. The molecule has 0 heterocycles. The quantitative estimate of drug-likeness (QED) is 0.0900. The number of anilines is 6. The summed E-state index contributed by atoms with van der Waals surface area (Å²) in [4.78, 5) is 4.44. The summed E-state index contributed by atoms with van der Waals surface area (Å²) in [6.07, 6.45) is 9.07. The van der Waals surface area contributed by atoms with E-state index in [4.69, 9.17) is 9.47 Å². The summed E-state index contributed by atoms with van der Waals surface area (Å²) in [5.74, 6) is 1.44. The fraction of sp³-hybridized carbons (Fsp3) is 0.0485. The van der Waals surface area contributed by atoms with Crippen LogP contribution in [-0.2, 0) is 16.2 Å². The molecule has 20 rings (SSSR count). The highest BCUT2D eigenvalue weighted by Crippen LogP contribution is 2.66. The number of hydrogen-bond donors (Lipinski definition) is 0. The lowest BCUT2D eigenvalue weighted by atomic mass is 9.65. The predicted molar refractivity (Wildman–Crippen MR) is 440 cm³/mol. The van der Waals surface area contributed by atoms with Gasteiger partial charge in [-0.05, 0) is 287 Å². The summed E-state index contributed by atoms with van der Waals surface area (Å²) in [6.45, 7) is 7.85. The number of halogens is 4. The molecule has 111 heavy (non-hydrogen) atoms. The summed E-state index contributed by atoms with van der Waals surface area (Å²) in [6, 6.07) is 112. The first-order valence-electron chi connectivity index (χ1n) is 37.4. The molecule has 0 saturated carbocycles. The molecule has 0 aromatic heterocycles. The lowest BCUT2D eigenvalue weighted by Gasteiger charge is -2.38. The van der Waals surface area contributed by atoms with Gasteiger partial charge < -0.3 is 19.3 Å². The average molecular weight is 1440 g/mol. The highest BCUT2D eigenvalue weighted by Gasteiger charge is 2.54. The van der Waals surface area contributed by atoms with E-state index >= 15 is 17.6 Å². The first-order chi connectivity index (χ1) is 54.5. The number of allylic oxidation sites excluding steroid dienone is 4. The summed E-state index contributed by atoms with van der Waals surface area (Å²) >= 11 is 0. The van der Waals surface area contributed by atoms with Gasteiger partial charge in [-0.15, -0.1) is 0 Å². The van der Waals surface area contributed by atoms with Crippen LogP contribution >= 0.6 is 0 Å². The van der Waals surface area contributed by atoms with Gasteiger partial charge in [0.1, 0.15) is 46.3 Å². The van der Waals surface area contributed by atoms with Gasteiger partial charge in [-0.3, -0.25) is 0 Å². The van der Waals surface area contributed by atoms with E-state index in [1.165, 1.54) is 36.4 Å². The number of benzene rings is 15. The minimum Gasteiger partial charge on any atom is -0.462 e. The number of fused-ring (bicyclic) bond motifs is 16. The summed E-state index contributed by atoms with van der Waals surface area (Å²) in [5, 5.41) is 0. The molecule has 8 heteroatoms. The maximum absolute atomic E-state index is 16.3. The second-order valence-electron chi connectivity index (χ2n) is 29.1. The smallest absolute Gasteiger partial charge is 0.127 e. The largest absolute Gasteiger partial charge is 0.462 e. The normalized spacial score (nSPS) is 16.9. The molecule has 5 aliphatic carbocycles. The SMILES string of the molecule is C=Cc1ccc(OC2=CC=C(C3(c4cccc(F)c4)c4ccccc4-c4ccc(N(c5ccc(F)cc5)c5ccc6c(c5)C5(c7ccccc7-6)c6ccccc6-c6ccc(N(c7ccc(F)cc7)c7ccc8c(c7)C(c7ccc(Oc9ccc(C=C)cc9)cc7)(c7cccc(F)c7)c7ccccc7-8)cc65)cc43)CC2)cc1. The van der Waals surface area contributed by atoms with Gasteiger partial charge in [-0.25, -0.2) is 17.6 Å². The summed E-state index contributed by atoms with van der Waals surface area (Å²) < 4.78 is 76.7. The number of hydrogen-bond acceptors (Lipinski definition) is 4. The zero-order valence-corrected chi connectivity index (χ0v) is 60.2. The van der Waals surface area contributed by atoms with E-state index in [1.807, 2.05) is 109 Å². The molecule has 3 atom stereocenters. The van der Waals surface area contributed by atoms with Crippen LogP contribution in [0.25, 0.3) is 56.7 Å². The molecule has 15 aromatic carbocycles. The van der Waals surface area contributed by atoms with Crippen LogP contribution in [0.15, 0.2) is 376 Å². The summed E-state index contributed by atoms with van der Waals surface area (Å²) in [7, 11) is 0. The minimum atomic E-state index is -1.04. The lowest BCUT2D eigenvalue weighted by molar-refractivity contribution is 0.398. The van der Waals surface area contributed by atoms with Crippen molar-refractivity contribution in [1.82, 2.24) is 0 Å². The molecule has 4 nitrogen and oxygen atoms in total. The fourth-order valence-electron chi connectivity index (χ4n) is 18.8. The van der Waals surface area contributed by atoms with Crippen molar-refractivity contribution < 1.29 is 27.0 Å². The molecule has 0 bridgehead atoms. The van der Waals surface area contributed by atoms with Gasteiger partial charge in [-0.1, -0.05) is 219 Å². The Bertz CT molecular complexity index is 6370. The Labute approximate surface area is 642 Å². The van der Waals surface area contributed by atoms with Crippen molar-refractivity contribution in [3.8, 4) is 61.8 Å². The van der Waals surface area contributed by atoms with Gasteiger partial charge in [-0.2, -0.15) is 0 Å². The fourth-order valence-corrected chi connectivity index (χ4v) is 18.8. The zero-order chi connectivity index (χ0) is 74.7. The van der Waals surface area contributed by atoms with Crippen LogP contribution < -0.4 is 19.3 Å². The van der Waals surface area contributed by atoms with Gasteiger partial charge in [0.25, 0.3) is 0 Å². The first-order valence-corrected chi connectivity index (χ1v) is 37.4. The van der Waals surface area contributed by atoms with E-state index in [9.17, 15) is 0 Å². The van der Waals surface area contributed by atoms with Gasteiger partial charge in [0.05, 0.1) is 16.2 Å². The van der Waals surface area contributed by atoms with Crippen LogP contribution in [0.1, 0.15) is 85.2 Å². The third kappa shape index (κ3) is 10.4. The first kappa shape index (κ1) is 66.6. The molecule has 0 amide bonds. The van der Waals surface area contributed by atoms with Crippen molar-refractivity contribution in [2.75, 3.05) is 9.80 Å². The second-order valence-corrected chi connectivity index (χ2v) is 29.1. The van der Waals surface area contributed by atoms with Crippen LogP contribution in [0, 0.1) is 23.3 Å². The number of nitrogens with zero attached hydrogens (tertiary/aromatic N) is 2. The third-order valence-electron chi connectivity index (χ3n) is 23.4. The van der Waals surface area contributed by atoms with E-state index < -0.39 is 16.2 Å². The van der Waals surface area contributed by atoms with Crippen LogP contribution in [0.4, 0.5) is 51.7 Å². The standard InChI is InChI=1S/C103H68F4N2O2/c1-3-65-27-47-81(48-28-65)110-83-51-31-67(32-52-83)101(69-15-13-17-73(106)59-69)93-23-9-5-19-85(93)89-55-43-77(61-97(89)101)108(75-39-35-71(104)36-40-75)79-45-57-91-87-21-7-11-25-95(87)103(99(91)63-79)96-26-12-8-22-88(96)92-58-46-80(64-100(92)103)109(76-41-37-72(105)38-42-76)78-44-56-90-86-20-6-10-24-94(86)102(98(90)62-78,70-16-14-18-74(107)60-70)68-33-53-84(54-34-68)111-82-49-29-66(4-2)30-50-82/h3-33,35-53,55-64H,1-2,34,54H2. The molecule has 1 spiro atoms. The topological polar surface area (TPSA) is 24.9 Å². The van der Waals surface area contributed by atoms with Gasteiger partial charge in [0, 0.05) is 40.5 Å². The highest BCUT2D eigenvalue weighted by atomic mass is 19.1. The molecular formula is C103H68F4N2O2. The van der Waals surface area contributed by atoms with Crippen LogP contribution in [0.3, 0.4) is 0 Å². The Morgan fingerprint density at radius 3 is 1.00 bits per heavy atom. The molecule has 0 fully saturated rings. The van der Waals surface area contributed by atoms with E-state index in [1.54, 1.807) is 30.3 Å². The highest BCUT2D eigenvalue weighted by molar-refractivity contribution is 5.99. The minimum absolute atomic E-state index is 0.338. The van der Waals surface area contributed by atoms with Crippen molar-refractivity contribution >= 4 is 46.3 Å². The predicted octanol–water partition coefficient (Wildman–Crippen LogP) is 27.0. The molecule has 3 unspecified atom stereocenters. The van der Waals surface area contributed by atoms with Gasteiger partial charge in [0.15, 0.2) is 0 Å². The monoisotopic (exact) mass is 1440 g/mol. The molecular weight excluding hydrogens is 1370 g/mol. The average Bonchev–Trinajstić information content (AvgIpc) is 1.40. The molecule has 0 saturated heterocycles. The number of ether oxygens (including phenoxy) is 2. The molecule has 5 aliphatic rings. The number of rotatable bonds is 16. The van der Waals surface area contributed by atoms with Crippen LogP contribution in [-0.4, -0.2) is 0 Å².